The molecule has 0 unspecified atom stereocenters. The molecule has 2 aromatic rings. The van der Waals surface area contributed by atoms with Crippen molar-refractivity contribution in [2.24, 2.45) is 0 Å². The summed E-state index contributed by atoms with van der Waals surface area (Å²) >= 11 is 1.40. The van der Waals surface area contributed by atoms with Crippen LogP contribution >= 0.6 is 11.3 Å². The maximum atomic E-state index is 11.7. The van der Waals surface area contributed by atoms with Crippen molar-refractivity contribution in [2.75, 3.05) is 24.7 Å². The molecule has 2 rings (SSSR count). The van der Waals surface area contributed by atoms with Gasteiger partial charge >= 0.3 is 0 Å². The number of thiazole rings is 1. The molecular formula is C15H16N4O5S2. The van der Waals surface area contributed by atoms with Gasteiger partial charge in [-0.3, -0.25) is 14.9 Å². The molecule has 138 valence electrons. The Balaban J connectivity index is 1.91. The highest BCUT2D eigenvalue weighted by molar-refractivity contribution is 7.90. The van der Waals surface area contributed by atoms with Crippen LogP contribution < -0.4 is 10.6 Å². The number of carbonyl (C=O) groups excluding carboxylic acids is 1. The van der Waals surface area contributed by atoms with Gasteiger partial charge in [-0.05, 0) is 18.2 Å². The van der Waals surface area contributed by atoms with E-state index in [1.807, 2.05) is 0 Å². The van der Waals surface area contributed by atoms with Crippen LogP contribution in [0.5, 0.6) is 0 Å². The lowest BCUT2D eigenvalue weighted by Crippen LogP contribution is -2.27. The van der Waals surface area contributed by atoms with E-state index >= 15 is 0 Å². The van der Waals surface area contributed by atoms with E-state index in [1.165, 1.54) is 29.5 Å². The van der Waals surface area contributed by atoms with E-state index in [0.29, 0.717) is 5.01 Å². The highest BCUT2D eigenvalue weighted by Crippen LogP contribution is 2.27. The molecule has 26 heavy (non-hydrogen) atoms. The number of sulfone groups is 1. The first-order valence-corrected chi connectivity index (χ1v) is 10.1. The summed E-state index contributed by atoms with van der Waals surface area (Å²) in [6.45, 7) is 0.460. The minimum atomic E-state index is -3.54. The molecule has 9 nitrogen and oxygen atoms in total. The summed E-state index contributed by atoms with van der Waals surface area (Å²) in [5.74, 6) is -0.316. The summed E-state index contributed by atoms with van der Waals surface area (Å²) in [7, 11) is -3.54. The highest BCUT2D eigenvalue weighted by atomic mass is 32.2. The molecule has 0 saturated heterocycles. The Hall–Kier alpha value is -2.79. The minimum Gasteiger partial charge on any atom is -0.378 e. The summed E-state index contributed by atoms with van der Waals surface area (Å²) in [6, 6.07) is 3.63. The Labute approximate surface area is 153 Å². The van der Waals surface area contributed by atoms with Crippen LogP contribution in [0.15, 0.2) is 40.7 Å². The van der Waals surface area contributed by atoms with Crippen molar-refractivity contribution in [1.82, 2.24) is 10.3 Å². The lowest BCUT2D eigenvalue weighted by atomic mass is 10.2. The van der Waals surface area contributed by atoms with Gasteiger partial charge < -0.3 is 10.6 Å². The molecule has 1 heterocycles. The molecule has 0 radical (unpaired) electrons. The molecule has 0 saturated carbocycles. The van der Waals surface area contributed by atoms with Crippen molar-refractivity contribution in [3.63, 3.8) is 0 Å². The average molecular weight is 396 g/mol. The fourth-order valence-electron chi connectivity index (χ4n) is 1.95. The van der Waals surface area contributed by atoms with Crippen LogP contribution in [0, 0.1) is 10.1 Å². The molecule has 0 aliphatic rings. The molecule has 1 amide bonds. The minimum absolute atomic E-state index is 0.129. The summed E-state index contributed by atoms with van der Waals surface area (Å²) in [5.41, 5.74) is -0.169. The number of aromatic nitrogens is 1. The summed E-state index contributed by atoms with van der Waals surface area (Å²) in [6.07, 6.45) is 5.55. The van der Waals surface area contributed by atoms with Crippen molar-refractivity contribution >= 4 is 44.5 Å². The van der Waals surface area contributed by atoms with Crippen molar-refractivity contribution in [3.8, 4) is 0 Å². The monoisotopic (exact) mass is 396 g/mol. The first-order valence-electron chi connectivity index (χ1n) is 7.35. The highest BCUT2D eigenvalue weighted by Gasteiger charge is 2.18. The maximum Gasteiger partial charge on any atom is 0.293 e. The molecular weight excluding hydrogens is 380 g/mol. The first kappa shape index (κ1) is 19.5. The quantitative estimate of drug-likeness (QED) is 0.300. The maximum absolute atomic E-state index is 11.7. The second-order valence-electron chi connectivity index (χ2n) is 5.13. The van der Waals surface area contributed by atoms with Gasteiger partial charge in [0.25, 0.3) is 5.69 Å². The van der Waals surface area contributed by atoms with E-state index in [1.54, 1.807) is 17.7 Å². The van der Waals surface area contributed by atoms with Gasteiger partial charge in [-0.2, -0.15) is 0 Å². The van der Waals surface area contributed by atoms with E-state index in [2.05, 4.69) is 15.6 Å². The van der Waals surface area contributed by atoms with Crippen LogP contribution in [0.2, 0.25) is 0 Å². The van der Waals surface area contributed by atoms with Gasteiger partial charge in [-0.15, -0.1) is 11.3 Å². The van der Waals surface area contributed by atoms with Crippen LogP contribution in [0.25, 0.3) is 6.08 Å². The summed E-state index contributed by atoms with van der Waals surface area (Å²) < 4.78 is 23.0. The zero-order valence-electron chi connectivity index (χ0n) is 13.7. The topological polar surface area (TPSA) is 131 Å². The Morgan fingerprint density at radius 3 is 2.77 bits per heavy atom. The number of carbonyl (C=O) groups is 1. The number of nitro benzene ring substituents is 1. The average Bonchev–Trinajstić information content (AvgIpc) is 3.09. The second kappa shape index (κ2) is 8.54. The SMILES string of the molecule is CS(=O)(=O)c1ccc(NCCNC(=O)/C=C/c2nccs2)c([N+](=O)[O-])c1. The number of hydrogen-bond acceptors (Lipinski definition) is 8. The number of anilines is 1. The Morgan fingerprint density at radius 1 is 1.38 bits per heavy atom. The van der Waals surface area contributed by atoms with E-state index in [9.17, 15) is 23.3 Å². The van der Waals surface area contributed by atoms with E-state index in [0.717, 1.165) is 12.3 Å². The molecule has 0 atom stereocenters. The number of rotatable bonds is 8. The third kappa shape index (κ3) is 5.63. The Bertz CT molecular complexity index is 924. The second-order valence-corrected chi connectivity index (χ2v) is 8.07. The van der Waals surface area contributed by atoms with E-state index in [4.69, 9.17) is 0 Å². The number of amides is 1. The van der Waals surface area contributed by atoms with Gasteiger partial charge in [0.1, 0.15) is 10.7 Å². The standard InChI is InChI=1S/C15H16N4O5S2/c1-26(23,24)11-2-3-12(13(10-11)19(21)22)16-6-7-17-14(20)4-5-15-18-8-9-25-15/h2-5,8-10,16H,6-7H2,1H3,(H,17,20)/b5-4+. The Kier molecular flexibility index (Phi) is 6.41. The van der Waals surface area contributed by atoms with Crippen molar-refractivity contribution in [2.45, 2.75) is 4.90 Å². The van der Waals surface area contributed by atoms with Gasteiger partial charge in [-0.25, -0.2) is 13.4 Å². The fourth-order valence-corrected chi connectivity index (χ4v) is 3.12. The van der Waals surface area contributed by atoms with Crippen LogP contribution in [0.1, 0.15) is 5.01 Å². The molecule has 0 bridgehead atoms. The van der Waals surface area contributed by atoms with Crippen LogP contribution in [0.4, 0.5) is 11.4 Å². The van der Waals surface area contributed by atoms with Crippen molar-refractivity contribution < 1.29 is 18.1 Å². The number of nitrogens with zero attached hydrogens (tertiary/aromatic N) is 2. The molecule has 1 aromatic carbocycles. The lowest BCUT2D eigenvalue weighted by Gasteiger charge is -2.08. The molecule has 2 N–H and O–H groups in total. The number of nitro groups is 1. The number of hydrogen-bond donors (Lipinski definition) is 2. The van der Waals surface area contributed by atoms with E-state index < -0.39 is 14.8 Å². The van der Waals surface area contributed by atoms with Gasteiger partial charge in [0.05, 0.1) is 9.82 Å². The third-order valence-electron chi connectivity index (χ3n) is 3.16. The zero-order chi connectivity index (χ0) is 19.2. The largest absolute Gasteiger partial charge is 0.378 e. The molecule has 0 aliphatic heterocycles. The van der Waals surface area contributed by atoms with Gasteiger partial charge in [0, 0.05) is 43.1 Å². The zero-order valence-corrected chi connectivity index (χ0v) is 15.3. The molecule has 0 spiro atoms. The van der Waals surface area contributed by atoms with Gasteiger partial charge in [0.15, 0.2) is 9.84 Å². The van der Waals surface area contributed by atoms with Gasteiger partial charge in [-0.1, -0.05) is 0 Å². The smallest absolute Gasteiger partial charge is 0.293 e. The molecule has 11 heteroatoms. The van der Waals surface area contributed by atoms with Crippen molar-refractivity contribution in [3.05, 3.63) is 51.0 Å². The molecule has 0 aliphatic carbocycles. The summed E-state index contributed by atoms with van der Waals surface area (Å²) in [5, 5.41) is 19.1. The number of benzene rings is 1. The van der Waals surface area contributed by atoms with Crippen LogP contribution in [0.3, 0.4) is 0 Å². The fraction of sp³-hybridized carbons (Fsp3) is 0.200. The lowest BCUT2D eigenvalue weighted by molar-refractivity contribution is -0.384. The van der Waals surface area contributed by atoms with Crippen molar-refractivity contribution in [1.29, 1.82) is 0 Å². The van der Waals surface area contributed by atoms with E-state index in [-0.39, 0.29) is 35.3 Å². The predicted octanol–water partition coefficient (Wildman–Crippen LogP) is 1.70. The van der Waals surface area contributed by atoms with Crippen LogP contribution in [-0.4, -0.2) is 43.6 Å². The molecule has 1 aromatic heterocycles. The summed E-state index contributed by atoms with van der Waals surface area (Å²) in [4.78, 5) is 26.0. The Morgan fingerprint density at radius 2 is 2.15 bits per heavy atom. The predicted molar refractivity (Wildman–Crippen MR) is 98.9 cm³/mol. The van der Waals surface area contributed by atoms with Crippen LogP contribution in [-0.2, 0) is 14.6 Å². The molecule has 0 fully saturated rings. The normalized spacial score (nSPS) is 11.4. The third-order valence-corrected chi connectivity index (χ3v) is 5.01. The van der Waals surface area contributed by atoms with Gasteiger partial charge in [0.2, 0.25) is 5.91 Å². The number of nitrogens with one attached hydrogen (secondary N) is 2. The first-order chi connectivity index (χ1) is 12.3.